The molecule has 5 heteroatoms. The Morgan fingerprint density at radius 1 is 1.32 bits per heavy atom. The molecule has 0 fully saturated rings. The molecule has 104 valence electrons. The van der Waals surface area contributed by atoms with E-state index < -0.39 is 6.10 Å². The summed E-state index contributed by atoms with van der Waals surface area (Å²) >= 11 is 0. The van der Waals surface area contributed by atoms with Gasteiger partial charge in [0.2, 0.25) is 5.91 Å². The van der Waals surface area contributed by atoms with Gasteiger partial charge >= 0.3 is 0 Å². The minimum absolute atomic E-state index is 0.102. The number of benzene rings is 1. The zero-order valence-electron chi connectivity index (χ0n) is 11.5. The summed E-state index contributed by atoms with van der Waals surface area (Å²) in [5, 5.41) is 11.8. The average Bonchev–Trinajstić information content (AvgIpc) is 2.35. The third-order valence-corrected chi connectivity index (χ3v) is 2.68. The Labute approximate surface area is 113 Å². The lowest BCUT2D eigenvalue weighted by Crippen LogP contribution is -2.29. The zero-order chi connectivity index (χ0) is 14.4. The number of aliphatic hydroxyl groups excluding tert-OH is 1. The van der Waals surface area contributed by atoms with E-state index in [1.54, 1.807) is 43.1 Å². The smallest absolute Gasteiger partial charge is 0.253 e. The van der Waals surface area contributed by atoms with Crippen LogP contribution < -0.4 is 5.32 Å². The SMILES string of the molecule is CC(=O)Nc1ccc(C(=O)N(C)CCC(C)O)cc1. The molecule has 0 aliphatic rings. The number of aliphatic hydroxyl groups is 1. The van der Waals surface area contributed by atoms with Crippen LogP contribution >= 0.6 is 0 Å². The summed E-state index contributed by atoms with van der Waals surface area (Å²) in [7, 11) is 1.70. The van der Waals surface area contributed by atoms with E-state index in [0.717, 1.165) is 0 Å². The number of nitrogens with zero attached hydrogens (tertiary/aromatic N) is 1. The highest BCUT2D eigenvalue weighted by Crippen LogP contribution is 2.11. The lowest BCUT2D eigenvalue weighted by molar-refractivity contribution is -0.114. The number of rotatable bonds is 5. The van der Waals surface area contributed by atoms with Crippen molar-refractivity contribution in [3.8, 4) is 0 Å². The van der Waals surface area contributed by atoms with Gasteiger partial charge in [-0.25, -0.2) is 0 Å². The number of carbonyl (C=O) groups excluding carboxylic acids is 2. The van der Waals surface area contributed by atoms with E-state index in [0.29, 0.717) is 24.2 Å². The quantitative estimate of drug-likeness (QED) is 0.846. The van der Waals surface area contributed by atoms with Crippen molar-refractivity contribution in [1.29, 1.82) is 0 Å². The summed E-state index contributed by atoms with van der Waals surface area (Å²) in [4.78, 5) is 24.5. The number of amides is 2. The number of carbonyl (C=O) groups is 2. The van der Waals surface area contributed by atoms with E-state index in [2.05, 4.69) is 5.32 Å². The Morgan fingerprint density at radius 3 is 2.37 bits per heavy atom. The predicted octanol–water partition coefficient (Wildman–Crippen LogP) is 1.49. The van der Waals surface area contributed by atoms with Crippen molar-refractivity contribution in [3.63, 3.8) is 0 Å². The number of nitrogens with one attached hydrogen (secondary N) is 1. The van der Waals surface area contributed by atoms with Gasteiger partial charge in [0.05, 0.1) is 6.10 Å². The molecule has 0 heterocycles. The van der Waals surface area contributed by atoms with Crippen LogP contribution in [0.15, 0.2) is 24.3 Å². The van der Waals surface area contributed by atoms with Crippen molar-refractivity contribution in [3.05, 3.63) is 29.8 Å². The molecular weight excluding hydrogens is 244 g/mol. The van der Waals surface area contributed by atoms with Crippen molar-refractivity contribution < 1.29 is 14.7 Å². The second-order valence-corrected chi connectivity index (χ2v) is 4.62. The molecule has 1 rings (SSSR count). The molecule has 0 aliphatic heterocycles. The Kier molecular flexibility index (Phi) is 5.51. The fourth-order valence-electron chi connectivity index (χ4n) is 1.60. The maximum Gasteiger partial charge on any atom is 0.253 e. The van der Waals surface area contributed by atoms with Crippen LogP contribution in [0.1, 0.15) is 30.6 Å². The Bertz CT molecular complexity index is 441. The maximum atomic E-state index is 12.0. The van der Waals surface area contributed by atoms with Crippen LogP contribution in [0.4, 0.5) is 5.69 Å². The highest BCUT2D eigenvalue weighted by atomic mass is 16.3. The topological polar surface area (TPSA) is 69.6 Å². The molecule has 0 bridgehead atoms. The van der Waals surface area contributed by atoms with Gasteiger partial charge < -0.3 is 15.3 Å². The summed E-state index contributed by atoms with van der Waals surface area (Å²) in [5.41, 5.74) is 1.22. The minimum atomic E-state index is -0.419. The number of hydrogen-bond donors (Lipinski definition) is 2. The molecule has 2 amide bonds. The van der Waals surface area contributed by atoms with E-state index in [4.69, 9.17) is 0 Å². The predicted molar refractivity (Wildman–Crippen MR) is 74.0 cm³/mol. The Hall–Kier alpha value is -1.88. The summed E-state index contributed by atoms with van der Waals surface area (Å²) in [5.74, 6) is -0.247. The van der Waals surface area contributed by atoms with Crippen LogP contribution in [0.25, 0.3) is 0 Å². The van der Waals surface area contributed by atoms with Crippen LogP contribution in [0.5, 0.6) is 0 Å². The van der Waals surface area contributed by atoms with Crippen molar-refractivity contribution in [1.82, 2.24) is 4.90 Å². The van der Waals surface area contributed by atoms with Crippen LogP contribution in [0.2, 0.25) is 0 Å². The Balaban J connectivity index is 2.64. The molecule has 0 radical (unpaired) electrons. The molecule has 0 spiro atoms. The Morgan fingerprint density at radius 2 is 1.89 bits per heavy atom. The van der Waals surface area contributed by atoms with Gasteiger partial charge in [-0.15, -0.1) is 0 Å². The number of anilines is 1. The summed E-state index contributed by atoms with van der Waals surface area (Å²) in [6.07, 6.45) is 0.129. The van der Waals surface area contributed by atoms with Crippen LogP contribution in [-0.2, 0) is 4.79 Å². The van der Waals surface area contributed by atoms with E-state index in [1.165, 1.54) is 6.92 Å². The lowest BCUT2D eigenvalue weighted by Gasteiger charge is -2.18. The zero-order valence-corrected chi connectivity index (χ0v) is 11.5. The monoisotopic (exact) mass is 264 g/mol. The average molecular weight is 264 g/mol. The highest BCUT2D eigenvalue weighted by Gasteiger charge is 2.12. The van der Waals surface area contributed by atoms with Crippen LogP contribution in [-0.4, -0.2) is 41.5 Å². The fourth-order valence-corrected chi connectivity index (χ4v) is 1.60. The van der Waals surface area contributed by atoms with E-state index in [-0.39, 0.29) is 11.8 Å². The van der Waals surface area contributed by atoms with Crippen LogP contribution in [0.3, 0.4) is 0 Å². The fraction of sp³-hybridized carbons (Fsp3) is 0.429. The summed E-state index contributed by atoms with van der Waals surface area (Å²) < 4.78 is 0. The van der Waals surface area contributed by atoms with Gasteiger partial charge in [0.15, 0.2) is 0 Å². The maximum absolute atomic E-state index is 12.0. The van der Waals surface area contributed by atoms with Gasteiger partial charge in [0, 0.05) is 31.8 Å². The molecule has 19 heavy (non-hydrogen) atoms. The highest BCUT2D eigenvalue weighted by molar-refractivity contribution is 5.95. The van der Waals surface area contributed by atoms with E-state index in [9.17, 15) is 14.7 Å². The number of hydrogen-bond acceptors (Lipinski definition) is 3. The third kappa shape index (κ3) is 5.09. The normalized spacial score (nSPS) is 11.8. The molecule has 1 aromatic carbocycles. The molecule has 0 saturated carbocycles. The van der Waals surface area contributed by atoms with Crippen molar-refractivity contribution >= 4 is 17.5 Å². The van der Waals surface area contributed by atoms with Gasteiger partial charge in [-0.1, -0.05) is 0 Å². The lowest BCUT2D eigenvalue weighted by atomic mass is 10.1. The second kappa shape index (κ2) is 6.89. The van der Waals surface area contributed by atoms with Crippen molar-refractivity contribution in [2.45, 2.75) is 26.4 Å². The van der Waals surface area contributed by atoms with Gasteiger partial charge in [-0.3, -0.25) is 9.59 Å². The molecule has 0 aliphatic carbocycles. The van der Waals surface area contributed by atoms with Gasteiger partial charge in [-0.2, -0.15) is 0 Å². The molecular formula is C14H20N2O3. The third-order valence-electron chi connectivity index (χ3n) is 2.68. The molecule has 0 saturated heterocycles. The van der Waals surface area contributed by atoms with Crippen LogP contribution in [0, 0.1) is 0 Å². The molecule has 0 aromatic heterocycles. The van der Waals surface area contributed by atoms with Gasteiger partial charge in [0.25, 0.3) is 5.91 Å². The standard InChI is InChI=1S/C14H20N2O3/c1-10(17)8-9-16(3)14(19)12-4-6-13(7-5-12)15-11(2)18/h4-7,10,17H,8-9H2,1-3H3,(H,15,18). The first-order valence-electron chi connectivity index (χ1n) is 6.21. The summed E-state index contributed by atoms with van der Waals surface area (Å²) in [6.45, 7) is 3.63. The van der Waals surface area contributed by atoms with Gasteiger partial charge in [-0.05, 0) is 37.6 Å². The molecule has 2 N–H and O–H groups in total. The van der Waals surface area contributed by atoms with Gasteiger partial charge in [0.1, 0.15) is 0 Å². The van der Waals surface area contributed by atoms with Crippen molar-refractivity contribution in [2.24, 2.45) is 0 Å². The summed E-state index contributed by atoms with van der Waals surface area (Å²) in [6, 6.07) is 6.73. The molecule has 5 nitrogen and oxygen atoms in total. The first kappa shape index (κ1) is 15.2. The molecule has 1 atom stereocenters. The molecule has 1 aromatic rings. The van der Waals surface area contributed by atoms with Crippen molar-refractivity contribution in [2.75, 3.05) is 18.9 Å². The second-order valence-electron chi connectivity index (χ2n) is 4.62. The van der Waals surface area contributed by atoms with E-state index >= 15 is 0 Å². The molecule has 1 unspecified atom stereocenters. The first-order chi connectivity index (χ1) is 8.90. The first-order valence-corrected chi connectivity index (χ1v) is 6.21. The largest absolute Gasteiger partial charge is 0.393 e. The van der Waals surface area contributed by atoms with E-state index in [1.807, 2.05) is 0 Å². The minimum Gasteiger partial charge on any atom is -0.393 e.